The van der Waals surface area contributed by atoms with Crippen molar-refractivity contribution < 1.29 is 4.74 Å². The molecule has 1 aromatic carbocycles. The van der Waals surface area contributed by atoms with Crippen molar-refractivity contribution in [3.05, 3.63) is 29.8 Å². The zero-order valence-electron chi connectivity index (χ0n) is 10.2. The summed E-state index contributed by atoms with van der Waals surface area (Å²) < 4.78 is 6.13. The number of hydrogen-bond acceptors (Lipinski definition) is 3. The van der Waals surface area contributed by atoms with Crippen LogP contribution in [0.5, 0.6) is 5.75 Å². The first-order valence-electron chi connectivity index (χ1n) is 6.42. The van der Waals surface area contributed by atoms with E-state index in [0.717, 1.165) is 25.1 Å². The molecule has 0 aliphatic carbocycles. The van der Waals surface area contributed by atoms with Gasteiger partial charge < -0.3 is 10.5 Å². The van der Waals surface area contributed by atoms with Crippen LogP contribution in [0.25, 0.3) is 0 Å². The Morgan fingerprint density at radius 1 is 1.24 bits per heavy atom. The molecule has 0 bridgehead atoms. The second-order valence-corrected chi connectivity index (χ2v) is 5.65. The van der Waals surface area contributed by atoms with E-state index < -0.39 is 0 Å². The van der Waals surface area contributed by atoms with E-state index in [2.05, 4.69) is 24.3 Å². The Hall–Kier alpha value is -0.670. The Balaban J connectivity index is 1.98. The first kappa shape index (κ1) is 12.8. The highest BCUT2D eigenvalue weighted by atomic mass is 32.2. The van der Waals surface area contributed by atoms with E-state index >= 15 is 0 Å². The van der Waals surface area contributed by atoms with Crippen molar-refractivity contribution in [3.63, 3.8) is 0 Å². The van der Waals surface area contributed by atoms with Crippen molar-refractivity contribution in [2.45, 2.75) is 31.8 Å². The molecule has 1 aliphatic rings. The van der Waals surface area contributed by atoms with Gasteiger partial charge in [-0.3, -0.25) is 0 Å². The fourth-order valence-corrected chi connectivity index (χ4v) is 3.15. The monoisotopic (exact) mass is 251 g/mol. The average Bonchev–Trinajstić information content (AvgIpc) is 2.39. The minimum absolute atomic E-state index is 0.412. The minimum atomic E-state index is 0.412. The predicted molar refractivity (Wildman–Crippen MR) is 74.8 cm³/mol. The summed E-state index contributed by atoms with van der Waals surface area (Å²) in [6.45, 7) is 0.744. The Morgan fingerprint density at radius 3 is 2.76 bits per heavy atom. The summed E-state index contributed by atoms with van der Waals surface area (Å²) in [5.41, 5.74) is 6.87. The Kier molecular flexibility index (Phi) is 5.20. The maximum atomic E-state index is 6.13. The molecule has 1 fully saturated rings. The topological polar surface area (TPSA) is 35.2 Å². The Labute approximate surface area is 108 Å². The van der Waals surface area contributed by atoms with Crippen molar-refractivity contribution in [1.29, 1.82) is 0 Å². The third-order valence-corrected chi connectivity index (χ3v) is 4.13. The molecular formula is C14H21NOS. The van der Waals surface area contributed by atoms with Gasteiger partial charge >= 0.3 is 0 Å². The number of para-hydroxylation sites is 1. The van der Waals surface area contributed by atoms with Gasteiger partial charge in [-0.15, -0.1) is 0 Å². The molecule has 2 rings (SSSR count). The third kappa shape index (κ3) is 3.93. The van der Waals surface area contributed by atoms with Crippen LogP contribution in [0.4, 0.5) is 0 Å². The molecule has 3 heteroatoms. The second-order valence-electron chi connectivity index (χ2n) is 4.43. The van der Waals surface area contributed by atoms with E-state index in [0.29, 0.717) is 6.10 Å². The SMILES string of the molecule is NCCCc1ccccc1OC1CCSCC1. The molecule has 0 aromatic heterocycles. The number of rotatable bonds is 5. The number of benzene rings is 1. The van der Waals surface area contributed by atoms with Crippen LogP contribution in [0.1, 0.15) is 24.8 Å². The number of aryl methyl sites for hydroxylation is 1. The molecule has 1 saturated heterocycles. The number of thioether (sulfide) groups is 1. The predicted octanol–water partition coefficient (Wildman–Crippen LogP) is 2.85. The van der Waals surface area contributed by atoms with E-state index in [-0.39, 0.29) is 0 Å². The lowest BCUT2D eigenvalue weighted by atomic mass is 10.1. The molecule has 1 heterocycles. The molecule has 0 saturated carbocycles. The first-order valence-corrected chi connectivity index (χ1v) is 7.58. The maximum absolute atomic E-state index is 6.13. The van der Waals surface area contributed by atoms with Crippen LogP contribution in [0.15, 0.2) is 24.3 Å². The van der Waals surface area contributed by atoms with E-state index in [4.69, 9.17) is 10.5 Å². The normalized spacial score (nSPS) is 17.0. The fourth-order valence-electron chi connectivity index (χ4n) is 2.09. The van der Waals surface area contributed by atoms with Gasteiger partial charge in [0, 0.05) is 0 Å². The molecule has 0 unspecified atom stereocenters. The van der Waals surface area contributed by atoms with Gasteiger partial charge in [0.05, 0.1) is 0 Å². The minimum Gasteiger partial charge on any atom is -0.490 e. The van der Waals surface area contributed by atoms with Crippen molar-refractivity contribution in [2.75, 3.05) is 18.1 Å². The standard InChI is InChI=1S/C14H21NOS/c15-9-3-5-12-4-1-2-6-14(12)16-13-7-10-17-11-8-13/h1-2,4,6,13H,3,5,7-11,15H2. The maximum Gasteiger partial charge on any atom is 0.122 e. The highest BCUT2D eigenvalue weighted by Gasteiger charge is 2.16. The highest BCUT2D eigenvalue weighted by Crippen LogP contribution is 2.25. The summed E-state index contributed by atoms with van der Waals surface area (Å²) in [5, 5.41) is 0. The molecule has 1 aliphatic heterocycles. The summed E-state index contributed by atoms with van der Waals surface area (Å²) in [5.74, 6) is 3.53. The number of nitrogens with two attached hydrogens (primary N) is 1. The molecule has 1 aromatic rings. The van der Waals surface area contributed by atoms with E-state index in [1.54, 1.807) is 0 Å². The van der Waals surface area contributed by atoms with Crippen molar-refractivity contribution >= 4 is 11.8 Å². The quantitative estimate of drug-likeness (QED) is 0.874. The molecule has 0 atom stereocenters. The van der Waals surface area contributed by atoms with Crippen LogP contribution in [0, 0.1) is 0 Å². The van der Waals surface area contributed by atoms with Crippen molar-refractivity contribution in [3.8, 4) is 5.75 Å². The molecule has 2 N–H and O–H groups in total. The fraction of sp³-hybridized carbons (Fsp3) is 0.571. The average molecular weight is 251 g/mol. The van der Waals surface area contributed by atoms with E-state index in [1.807, 2.05) is 11.8 Å². The van der Waals surface area contributed by atoms with Crippen LogP contribution >= 0.6 is 11.8 Å². The zero-order chi connectivity index (χ0) is 11.9. The van der Waals surface area contributed by atoms with Gasteiger partial charge in [0.15, 0.2) is 0 Å². The van der Waals surface area contributed by atoms with Crippen LogP contribution < -0.4 is 10.5 Å². The van der Waals surface area contributed by atoms with Crippen LogP contribution in [0.2, 0.25) is 0 Å². The molecule has 0 amide bonds. The van der Waals surface area contributed by atoms with Crippen LogP contribution in [0.3, 0.4) is 0 Å². The van der Waals surface area contributed by atoms with Crippen molar-refractivity contribution in [1.82, 2.24) is 0 Å². The number of hydrogen-bond donors (Lipinski definition) is 1. The van der Waals surface area contributed by atoms with E-state index in [1.165, 1.54) is 29.9 Å². The van der Waals surface area contributed by atoms with Crippen LogP contribution in [-0.2, 0) is 6.42 Å². The second kappa shape index (κ2) is 6.92. The molecule has 2 nitrogen and oxygen atoms in total. The van der Waals surface area contributed by atoms with Gasteiger partial charge in [-0.1, -0.05) is 18.2 Å². The van der Waals surface area contributed by atoms with Gasteiger partial charge in [-0.05, 0) is 55.4 Å². The summed E-state index contributed by atoms with van der Waals surface area (Å²) in [6, 6.07) is 8.38. The lowest BCUT2D eigenvalue weighted by Gasteiger charge is -2.24. The van der Waals surface area contributed by atoms with Gasteiger partial charge in [-0.25, -0.2) is 0 Å². The van der Waals surface area contributed by atoms with Gasteiger partial charge in [0.2, 0.25) is 0 Å². The van der Waals surface area contributed by atoms with E-state index in [9.17, 15) is 0 Å². The molecule has 17 heavy (non-hydrogen) atoms. The number of ether oxygens (including phenoxy) is 1. The lowest BCUT2D eigenvalue weighted by molar-refractivity contribution is 0.190. The summed E-state index contributed by atoms with van der Waals surface area (Å²) in [7, 11) is 0. The third-order valence-electron chi connectivity index (χ3n) is 3.08. The molecule has 0 spiro atoms. The first-order chi connectivity index (χ1) is 8.40. The van der Waals surface area contributed by atoms with Crippen molar-refractivity contribution in [2.24, 2.45) is 5.73 Å². The summed E-state index contributed by atoms with van der Waals surface area (Å²) in [4.78, 5) is 0. The van der Waals surface area contributed by atoms with Crippen LogP contribution in [-0.4, -0.2) is 24.2 Å². The molecular weight excluding hydrogens is 230 g/mol. The summed E-state index contributed by atoms with van der Waals surface area (Å²) >= 11 is 2.03. The van der Waals surface area contributed by atoms with Gasteiger partial charge in [-0.2, -0.15) is 11.8 Å². The zero-order valence-corrected chi connectivity index (χ0v) is 11.0. The molecule has 0 radical (unpaired) electrons. The highest BCUT2D eigenvalue weighted by molar-refractivity contribution is 7.99. The van der Waals surface area contributed by atoms with Gasteiger partial charge in [0.1, 0.15) is 11.9 Å². The Morgan fingerprint density at radius 2 is 2.00 bits per heavy atom. The largest absolute Gasteiger partial charge is 0.490 e. The summed E-state index contributed by atoms with van der Waals surface area (Å²) in [6.07, 6.45) is 4.82. The smallest absolute Gasteiger partial charge is 0.122 e. The lowest BCUT2D eigenvalue weighted by Crippen LogP contribution is -2.22. The molecule has 94 valence electrons. The van der Waals surface area contributed by atoms with Gasteiger partial charge in [0.25, 0.3) is 0 Å². The Bertz CT molecular complexity index is 337.